The lowest BCUT2D eigenvalue weighted by atomic mass is 9.95. The Labute approximate surface area is 265 Å². The Morgan fingerprint density at radius 2 is 1.44 bits per heavy atom. The summed E-state index contributed by atoms with van der Waals surface area (Å²) in [5.74, 6) is -0.813. The number of hydrogen-bond donors (Lipinski definition) is 1. The Morgan fingerprint density at radius 3 is 2.00 bits per heavy atom. The Hall–Kier alpha value is -3.07. The maximum Gasteiger partial charge on any atom is 0.264 e. The van der Waals surface area contributed by atoms with Gasteiger partial charge in [0.25, 0.3) is 10.0 Å². The zero-order valence-corrected chi connectivity index (χ0v) is 27.2. The summed E-state index contributed by atoms with van der Waals surface area (Å²) in [6, 6.07) is 17.7. The van der Waals surface area contributed by atoms with Crippen molar-refractivity contribution in [3.63, 3.8) is 0 Å². The first-order valence-corrected chi connectivity index (χ1v) is 16.9. The molecule has 3 aromatic carbocycles. The van der Waals surface area contributed by atoms with E-state index in [2.05, 4.69) is 5.32 Å². The summed E-state index contributed by atoms with van der Waals surface area (Å²) in [5.41, 5.74) is 2.69. The van der Waals surface area contributed by atoms with Gasteiger partial charge in [-0.25, -0.2) is 8.42 Å². The normalized spacial score (nSPS) is 14.6. The minimum absolute atomic E-state index is 0.0436. The quantitative estimate of drug-likeness (QED) is 0.242. The number of halogens is 2. The van der Waals surface area contributed by atoms with Crippen LogP contribution < -0.4 is 9.62 Å². The first kappa shape index (κ1) is 32.8. The molecule has 0 aromatic heterocycles. The molecule has 1 aliphatic rings. The van der Waals surface area contributed by atoms with E-state index in [-0.39, 0.29) is 23.4 Å². The van der Waals surface area contributed by atoms with Gasteiger partial charge >= 0.3 is 0 Å². The van der Waals surface area contributed by atoms with Gasteiger partial charge in [0.15, 0.2) is 0 Å². The molecule has 7 nitrogen and oxygen atoms in total. The van der Waals surface area contributed by atoms with Gasteiger partial charge < -0.3 is 10.2 Å². The first-order valence-electron chi connectivity index (χ1n) is 14.7. The predicted octanol–water partition coefficient (Wildman–Crippen LogP) is 7.06. The Kier molecular flexibility index (Phi) is 11.2. The van der Waals surface area contributed by atoms with Crippen molar-refractivity contribution in [3.05, 3.63) is 93.5 Å². The Balaban J connectivity index is 1.73. The molecule has 0 heterocycles. The van der Waals surface area contributed by atoms with Gasteiger partial charge in [-0.1, -0.05) is 90.8 Å². The number of rotatable bonds is 11. The van der Waals surface area contributed by atoms with Crippen molar-refractivity contribution in [2.45, 2.75) is 82.8 Å². The summed E-state index contributed by atoms with van der Waals surface area (Å²) >= 11 is 13.0. The second-order valence-electron chi connectivity index (χ2n) is 11.1. The molecule has 0 spiro atoms. The summed E-state index contributed by atoms with van der Waals surface area (Å²) < 4.78 is 29.2. The summed E-state index contributed by atoms with van der Waals surface area (Å²) in [6.45, 7) is 5.04. The first-order chi connectivity index (χ1) is 20.5. The van der Waals surface area contributed by atoms with Gasteiger partial charge in [0.1, 0.15) is 12.6 Å². The van der Waals surface area contributed by atoms with Gasteiger partial charge in [-0.05, 0) is 69.5 Å². The van der Waals surface area contributed by atoms with Crippen molar-refractivity contribution in [2.24, 2.45) is 0 Å². The molecule has 1 unspecified atom stereocenters. The van der Waals surface area contributed by atoms with E-state index in [0.29, 0.717) is 27.7 Å². The number of hydrogen-bond acceptors (Lipinski definition) is 4. The minimum atomic E-state index is -4.14. The summed E-state index contributed by atoms with van der Waals surface area (Å²) in [7, 11) is -4.14. The van der Waals surface area contributed by atoms with Crippen LogP contribution in [0.5, 0.6) is 0 Å². The molecule has 1 aliphatic carbocycles. The largest absolute Gasteiger partial charge is 0.352 e. The minimum Gasteiger partial charge on any atom is -0.352 e. The number of nitrogens with zero attached hydrogens (tertiary/aromatic N) is 2. The third-order valence-electron chi connectivity index (χ3n) is 7.94. The number of aryl methyl sites for hydroxylation is 2. The molecule has 2 amide bonds. The fourth-order valence-electron chi connectivity index (χ4n) is 5.39. The Morgan fingerprint density at radius 1 is 0.884 bits per heavy atom. The highest BCUT2D eigenvalue weighted by Crippen LogP contribution is 2.29. The number of amides is 2. The van der Waals surface area contributed by atoms with E-state index < -0.39 is 28.5 Å². The number of nitrogens with one attached hydrogen (secondary N) is 1. The average Bonchev–Trinajstić information content (AvgIpc) is 2.98. The van der Waals surface area contributed by atoms with E-state index in [1.807, 2.05) is 20.8 Å². The molecule has 1 saturated carbocycles. The third kappa shape index (κ3) is 8.11. The van der Waals surface area contributed by atoms with E-state index in [1.165, 1.54) is 17.0 Å². The maximum absolute atomic E-state index is 14.3. The number of anilines is 1. The van der Waals surface area contributed by atoms with Crippen LogP contribution in [0.2, 0.25) is 10.0 Å². The number of benzene rings is 3. The van der Waals surface area contributed by atoms with Crippen LogP contribution >= 0.6 is 23.2 Å². The topological polar surface area (TPSA) is 86.8 Å². The van der Waals surface area contributed by atoms with E-state index in [9.17, 15) is 18.0 Å². The molecule has 1 N–H and O–H groups in total. The molecule has 0 saturated heterocycles. The molecule has 0 aliphatic heterocycles. The highest BCUT2D eigenvalue weighted by Gasteiger charge is 2.35. The van der Waals surface area contributed by atoms with Gasteiger partial charge in [-0.15, -0.1) is 0 Å². The second kappa shape index (κ2) is 14.6. The van der Waals surface area contributed by atoms with Crippen LogP contribution in [-0.4, -0.2) is 43.8 Å². The second-order valence-corrected chi connectivity index (χ2v) is 13.8. The van der Waals surface area contributed by atoms with Gasteiger partial charge in [-0.3, -0.25) is 13.9 Å². The molecule has 3 aromatic rings. The van der Waals surface area contributed by atoms with Crippen LogP contribution in [-0.2, 0) is 26.2 Å². The van der Waals surface area contributed by atoms with E-state index in [4.69, 9.17) is 23.2 Å². The van der Waals surface area contributed by atoms with Gasteiger partial charge in [-0.2, -0.15) is 0 Å². The van der Waals surface area contributed by atoms with Gasteiger partial charge in [0, 0.05) is 28.2 Å². The number of carbonyl (C=O) groups is 2. The number of carbonyl (C=O) groups excluding carboxylic acids is 2. The monoisotopic (exact) mass is 643 g/mol. The van der Waals surface area contributed by atoms with Crippen molar-refractivity contribution < 1.29 is 18.0 Å². The van der Waals surface area contributed by atoms with Crippen molar-refractivity contribution in [2.75, 3.05) is 10.8 Å². The smallest absolute Gasteiger partial charge is 0.264 e. The fraction of sp³-hybridized carbons (Fsp3) is 0.394. The van der Waals surface area contributed by atoms with Crippen LogP contribution in [0, 0.1) is 13.8 Å². The molecular weight excluding hydrogens is 605 g/mol. The van der Waals surface area contributed by atoms with Gasteiger partial charge in [0.05, 0.1) is 10.6 Å². The third-order valence-corrected chi connectivity index (χ3v) is 10.4. The SMILES string of the molecule is CCC(C(=O)NC1CCCCC1)N(Cc1c(Cl)cccc1Cl)C(=O)CN(c1ccc(C)cc1)S(=O)(=O)c1ccc(C)cc1. The molecule has 1 fully saturated rings. The maximum atomic E-state index is 14.3. The molecule has 0 radical (unpaired) electrons. The van der Waals surface area contributed by atoms with E-state index in [1.54, 1.807) is 54.6 Å². The number of sulfonamides is 1. The van der Waals surface area contributed by atoms with Crippen LogP contribution in [0.1, 0.15) is 62.1 Å². The highest BCUT2D eigenvalue weighted by atomic mass is 35.5. The standard InChI is InChI=1S/C33H39Cl2N3O4S/c1-4-31(33(40)36-25-9-6-5-7-10-25)37(21-28-29(34)11-8-12-30(28)35)32(39)22-38(26-17-13-23(2)14-18-26)43(41,42)27-19-15-24(3)16-20-27/h8,11-20,25,31H,4-7,9-10,21-22H2,1-3H3,(H,36,40). The van der Waals surface area contributed by atoms with Crippen LogP contribution in [0.15, 0.2) is 71.6 Å². The molecule has 0 bridgehead atoms. The summed E-state index contributed by atoms with van der Waals surface area (Å²) in [4.78, 5) is 29.5. The molecule has 10 heteroatoms. The molecule has 230 valence electrons. The lowest BCUT2D eigenvalue weighted by Gasteiger charge is -2.34. The lowest BCUT2D eigenvalue weighted by molar-refractivity contribution is -0.140. The molecule has 1 atom stereocenters. The van der Waals surface area contributed by atoms with Gasteiger partial charge in [0.2, 0.25) is 11.8 Å². The summed E-state index contributed by atoms with van der Waals surface area (Å²) in [6.07, 6.45) is 5.33. The van der Waals surface area contributed by atoms with Crippen molar-refractivity contribution in [1.82, 2.24) is 10.2 Å². The van der Waals surface area contributed by atoms with Crippen LogP contribution in [0.4, 0.5) is 5.69 Å². The van der Waals surface area contributed by atoms with Crippen LogP contribution in [0.25, 0.3) is 0 Å². The van der Waals surface area contributed by atoms with E-state index in [0.717, 1.165) is 47.5 Å². The zero-order valence-electron chi connectivity index (χ0n) is 24.9. The van der Waals surface area contributed by atoms with Crippen molar-refractivity contribution in [3.8, 4) is 0 Å². The van der Waals surface area contributed by atoms with E-state index >= 15 is 0 Å². The van der Waals surface area contributed by atoms with Crippen molar-refractivity contribution >= 4 is 50.7 Å². The molecule has 4 rings (SSSR count). The van der Waals surface area contributed by atoms with Crippen LogP contribution in [0.3, 0.4) is 0 Å². The van der Waals surface area contributed by atoms with Crippen molar-refractivity contribution in [1.29, 1.82) is 0 Å². The lowest BCUT2D eigenvalue weighted by Crippen LogP contribution is -2.54. The predicted molar refractivity (Wildman–Crippen MR) is 173 cm³/mol. The Bertz CT molecular complexity index is 1500. The fourth-order valence-corrected chi connectivity index (χ4v) is 7.33. The molecular formula is C33H39Cl2N3O4S. The summed E-state index contributed by atoms with van der Waals surface area (Å²) in [5, 5.41) is 3.86. The molecule has 43 heavy (non-hydrogen) atoms. The zero-order chi connectivity index (χ0) is 31.1. The highest BCUT2D eigenvalue weighted by molar-refractivity contribution is 7.92. The average molecular weight is 645 g/mol.